The van der Waals surface area contributed by atoms with Crippen LogP contribution in [0.3, 0.4) is 0 Å². The molecule has 104 valence electrons. The van der Waals surface area contributed by atoms with Gasteiger partial charge in [-0.05, 0) is 18.2 Å². The van der Waals surface area contributed by atoms with Crippen molar-refractivity contribution in [2.45, 2.75) is 0 Å². The predicted molar refractivity (Wildman–Crippen MR) is 62.9 cm³/mol. The Balaban J connectivity index is 0.000000257. The van der Waals surface area contributed by atoms with E-state index in [4.69, 9.17) is 18.6 Å². The highest BCUT2D eigenvalue weighted by Crippen LogP contribution is 2.19. The third-order valence-electron chi connectivity index (χ3n) is 2.44. The van der Waals surface area contributed by atoms with E-state index in [2.05, 4.69) is 58.4 Å². The molecule has 0 fully saturated rings. The van der Waals surface area contributed by atoms with Crippen molar-refractivity contribution in [3.63, 3.8) is 0 Å². The zero-order chi connectivity index (χ0) is 14.6. The average Bonchev–Trinajstić information content (AvgIpc) is 2.81. The predicted octanol–water partition coefficient (Wildman–Crippen LogP) is -1.60. The van der Waals surface area contributed by atoms with Gasteiger partial charge in [0.25, 0.3) is 4.83 Å². The number of benzene rings is 1. The summed E-state index contributed by atoms with van der Waals surface area (Å²) in [4.78, 5) is 1.27. The molecule has 0 spiro atoms. The maximum Gasteiger partial charge on any atom is 0.267 e. The molecule has 2 heterocycles. The van der Waals surface area contributed by atoms with Gasteiger partial charge in [0.1, 0.15) is 0 Å². The highest BCUT2D eigenvalue weighted by Gasteiger charge is 2.13. The van der Waals surface area contributed by atoms with Gasteiger partial charge in [0.2, 0.25) is 5.69 Å². The van der Waals surface area contributed by atoms with E-state index in [1.54, 1.807) is 11.3 Å². The van der Waals surface area contributed by atoms with E-state index in [1.165, 1.54) is 16.1 Å². The summed E-state index contributed by atoms with van der Waals surface area (Å²) in [6.07, 6.45) is 2.11. The Labute approximate surface area is 121 Å². The lowest BCUT2D eigenvalue weighted by atomic mass is 10.2. The van der Waals surface area contributed by atoms with Gasteiger partial charge in [-0.1, -0.05) is 29.5 Å². The molecule has 0 N–H and O–H groups in total. The van der Waals surface area contributed by atoms with Gasteiger partial charge in [-0.15, -0.1) is 10.2 Å². The zero-order valence-electron chi connectivity index (χ0n) is 10.1. The second kappa shape index (κ2) is 6.27. The number of aromatic nitrogens is 1. The summed E-state index contributed by atoms with van der Waals surface area (Å²) in [5, 5.41) is 2.20. The second-order valence-corrected chi connectivity index (χ2v) is 5.42. The van der Waals surface area contributed by atoms with Gasteiger partial charge in [-0.3, -0.25) is 0 Å². The number of fused-ring (bicyclic) bond motifs is 1. The molecular formula is C13H10ClNO4S. The van der Waals surface area contributed by atoms with Gasteiger partial charge in [0.15, 0.2) is 6.20 Å². The van der Waals surface area contributed by atoms with Gasteiger partial charge >= 0.3 is 0 Å². The third kappa shape index (κ3) is 4.24. The lowest BCUT2D eigenvalue weighted by Gasteiger charge is -2.17. The summed E-state index contributed by atoms with van der Waals surface area (Å²) >= 11 is 1.77. The molecule has 0 amide bonds. The van der Waals surface area contributed by atoms with Crippen LogP contribution in [0.1, 0.15) is 0 Å². The maximum atomic E-state index is 8.49. The van der Waals surface area contributed by atoms with Crippen LogP contribution in [-0.4, -0.2) is 0 Å². The Kier molecular flexibility index (Phi) is 4.66. The van der Waals surface area contributed by atoms with Gasteiger partial charge in [-0.25, -0.2) is 18.6 Å². The summed E-state index contributed by atoms with van der Waals surface area (Å²) in [6.45, 7) is 0. The summed E-state index contributed by atoms with van der Waals surface area (Å²) < 4.78 is 36.2. The lowest BCUT2D eigenvalue weighted by molar-refractivity contribution is -2.00. The summed E-state index contributed by atoms with van der Waals surface area (Å²) in [7, 11) is -4.94. The van der Waals surface area contributed by atoms with Crippen LogP contribution in [-0.2, 0) is 0 Å². The zero-order valence-corrected chi connectivity index (χ0v) is 11.7. The van der Waals surface area contributed by atoms with Crippen LogP contribution < -0.4 is 23.0 Å². The minimum absolute atomic E-state index is 1.26. The molecule has 0 unspecified atom stereocenters. The molecule has 1 aromatic carbocycles. The molecule has 5 nitrogen and oxygen atoms in total. The number of thiazole rings is 1. The minimum atomic E-state index is -4.94. The van der Waals surface area contributed by atoms with Crippen LogP contribution in [0.25, 0.3) is 16.1 Å². The Morgan fingerprint density at radius 3 is 2.10 bits per heavy atom. The first-order valence-electron chi connectivity index (χ1n) is 5.50. The average molecular weight is 312 g/mol. The summed E-state index contributed by atoms with van der Waals surface area (Å²) in [5.41, 5.74) is 2.52. The van der Waals surface area contributed by atoms with Crippen LogP contribution in [0, 0.1) is 10.2 Å². The van der Waals surface area contributed by atoms with E-state index in [0.717, 1.165) is 0 Å². The van der Waals surface area contributed by atoms with Gasteiger partial charge < -0.3 is 0 Å². The SMILES string of the molecule is [O-][Cl+3]([O-])([O-])[O-].c1ccc(-c2csc3cccc[n+]23)cc1. The topological polar surface area (TPSA) is 96.3 Å². The van der Waals surface area contributed by atoms with Crippen molar-refractivity contribution in [3.8, 4) is 11.3 Å². The van der Waals surface area contributed by atoms with Crippen molar-refractivity contribution in [1.82, 2.24) is 0 Å². The van der Waals surface area contributed by atoms with E-state index >= 15 is 0 Å². The molecule has 0 saturated heterocycles. The Hall–Kier alpha value is -1.54. The van der Waals surface area contributed by atoms with Crippen molar-refractivity contribution in [2.24, 2.45) is 0 Å². The van der Waals surface area contributed by atoms with Gasteiger partial charge in [-0.2, -0.15) is 4.40 Å². The van der Waals surface area contributed by atoms with Crippen molar-refractivity contribution in [3.05, 3.63) is 60.1 Å². The molecule has 7 heteroatoms. The number of halogens is 1. The fourth-order valence-electron chi connectivity index (χ4n) is 1.71. The molecule has 0 radical (unpaired) electrons. The van der Waals surface area contributed by atoms with E-state index in [1.807, 2.05) is 6.07 Å². The molecule has 0 saturated carbocycles. The van der Waals surface area contributed by atoms with Crippen molar-refractivity contribution < 1.29 is 33.3 Å². The van der Waals surface area contributed by atoms with Crippen molar-refractivity contribution >= 4 is 16.2 Å². The summed E-state index contributed by atoms with van der Waals surface area (Å²) in [6, 6.07) is 16.7. The molecule has 3 rings (SSSR count). The molecule has 0 atom stereocenters. The number of nitrogens with zero attached hydrogens (tertiary/aromatic N) is 1. The van der Waals surface area contributed by atoms with E-state index in [0.29, 0.717) is 0 Å². The number of pyridine rings is 1. The van der Waals surface area contributed by atoms with Gasteiger partial charge in [0.05, 0.1) is 5.38 Å². The highest BCUT2D eigenvalue weighted by atomic mass is 35.7. The van der Waals surface area contributed by atoms with Crippen LogP contribution in [0.4, 0.5) is 0 Å². The van der Waals surface area contributed by atoms with Crippen molar-refractivity contribution in [1.29, 1.82) is 0 Å². The number of rotatable bonds is 1. The Bertz CT molecular complexity index is 675. The molecule has 20 heavy (non-hydrogen) atoms. The van der Waals surface area contributed by atoms with E-state index < -0.39 is 10.2 Å². The smallest absolute Gasteiger partial charge is 0.222 e. The van der Waals surface area contributed by atoms with Crippen LogP contribution in [0.15, 0.2) is 60.1 Å². The first-order chi connectivity index (χ1) is 9.45. The third-order valence-corrected chi connectivity index (χ3v) is 3.36. The standard InChI is InChI=1S/C13H10NS.ClHO4/c1-2-6-11(7-3-1)12-10-15-13-8-4-5-9-14(12)13;2-1(3,4)5/h1-10H;(H,2,3,4,5)/q+1;/p-1. The molecule has 2 aromatic heterocycles. The first-order valence-corrected chi connectivity index (χ1v) is 7.61. The monoisotopic (exact) mass is 311 g/mol. The normalized spacial score (nSPS) is 11.0. The highest BCUT2D eigenvalue weighted by molar-refractivity contribution is 7.15. The second-order valence-electron chi connectivity index (χ2n) is 3.77. The van der Waals surface area contributed by atoms with Crippen LogP contribution in [0.2, 0.25) is 0 Å². The fraction of sp³-hybridized carbons (Fsp3) is 0. The fourth-order valence-corrected chi connectivity index (χ4v) is 2.62. The Morgan fingerprint density at radius 2 is 1.45 bits per heavy atom. The number of hydrogen-bond acceptors (Lipinski definition) is 5. The van der Waals surface area contributed by atoms with E-state index in [9.17, 15) is 0 Å². The van der Waals surface area contributed by atoms with Gasteiger partial charge in [0, 0.05) is 17.7 Å². The Morgan fingerprint density at radius 1 is 0.850 bits per heavy atom. The first kappa shape index (κ1) is 14.9. The largest absolute Gasteiger partial charge is 0.267 e. The molecule has 0 aliphatic heterocycles. The molecular weight excluding hydrogens is 302 g/mol. The van der Waals surface area contributed by atoms with Crippen molar-refractivity contribution in [2.75, 3.05) is 0 Å². The van der Waals surface area contributed by atoms with Crippen LogP contribution >= 0.6 is 11.3 Å². The molecule has 0 bridgehead atoms. The molecule has 0 aliphatic rings. The maximum absolute atomic E-state index is 8.49. The lowest BCUT2D eigenvalue weighted by Crippen LogP contribution is -2.68. The molecule has 0 aliphatic carbocycles. The van der Waals surface area contributed by atoms with E-state index in [-0.39, 0.29) is 0 Å². The minimum Gasteiger partial charge on any atom is -0.222 e. The van der Waals surface area contributed by atoms with Crippen LogP contribution in [0.5, 0.6) is 0 Å². The number of hydrogen-bond donors (Lipinski definition) is 0. The molecule has 3 aromatic rings. The summed E-state index contributed by atoms with van der Waals surface area (Å²) in [5.74, 6) is 0. The quantitative estimate of drug-likeness (QED) is 0.505.